The Bertz CT molecular complexity index is 981. The highest BCUT2D eigenvalue weighted by Gasteiger charge is 2.12. The molecule has 0 N–H and O–H groups in total. The van der Waals surface area contributed by atoms with Gasteiger partial charge in [0.1, 0.15) is 11.5 Å². The van der Waals surface area contributed by atoms with Crippen LogP contribution in [-0.2, 0) is 33.7 Å². The summed E-state index contributed by atoms with van der Waals surface area (Å²) in [5.41, 5.74) is 3.91. The first kappa shape index (κ1) is 22.6. The van der Waals surface area contributed by atoms with Crippen LogP contribution in [0.2, 0.25) is 0 Å². The first-order chi connectivity index (χ1) is 15.1. The molecular formula is C25H29NO5. The number of aromatic nitrogens is 1. The number of methoxy groups -OCH3 is 1. The van der Waals surface area contributed by atoms with Crippen molar-refractivity contribution in [1.82, 2.24) is 4.98 Å². The molecule has 0 saturated carbocycles. The normalized spacial score (nSPS) is 10.8. The van der Waals surface area contributed by atoms with Crippen LogP contribution in [-0.4, -0.2) is 31.3 Å². The molecule has 6 nitrogen and oxygen atoms in total. The fourth-order valence-electron chi connectivity index (χ4n) is 3.33. The molecule has 0 aliphatic carbocycles. The van der Waals surface area contributed by atoms with E-state index in [0.717, 1.165) is 33.9 Å². The third-order valence-corrected chi connectivity index (χ3v) is 4.90. The maximum Gasteiger partial charge on any atom is 0.306 e. The maximum absolute atomic E-state index is 11.7. The second-order valence-corrected chi connectivity index (χ2v) is 7.15. The molecule has 0 saturated heterocycles. The minimum absolute atomic E-state index is 0.191. The summed E-state index contributed by atoms with van der Waals surface area (Å²) < 4.78 is 22.1. The first-order valence-electron chi connectivity index (χ1n) is 10.5. The summed E-state index contributed by atoms with van der Waals surface area (Å²) in [6.07, 6.45) is 1.60. The molecule has 0 fully saturated rings. The Morgan fingerprint density at radius 2 is 1.87 bits per heavy atom. The van der Waals surface area contributed by atoms with Crippen molar-refractivity contribution in [2.75, 3.05) is 20.3 Å². The van der Waals surface area contributed by atoms with Gasteiger partial charge in [-0.05, 0) is 55.7 Å². The van der Waals surface area contributed by atoms with E-state index in [2.05, 4.69) is 4.98 Å². The van der Waals surface area contributed by atoms with E-state index in [0.29, 0.717) is 45.0 Å². The molecule has 164 valence electrons. The lowest BCUT2D eigenvalue weighted by molar-refractivity contribution is -0.143. The number of benzene rings is 2. The minimum atomic E-state index is -0.191. The van der Waals surface area contributed by atoms with E-state index in [1.165, 1.54) is 0 Å². The van der Waals surface area contributed by atoms with Gasteiger partial charge in [0, 0.05) is 25.5 Å². The smallest absolute Gasteiger partial charge is 0.306 e. The molecule has 3 aromatic rings. The van der Waals surface area contributed by atoms with Gasteiger partial charge in [-0.3, -0.25) is 4.79 Å². The average molecular weight is 424 g/mol. The fraction of sp³-hybridized carbons (Fsp3) is 0.360. The van der Waals surface area contributed by atoms with Gasteiger partial charge in [0.05, 0.1) is 25.5 Å². The summed E-state index contributed by atoms with van der Waals surface area (Å²) in [6, 6.07) is 15.7. The van der Waals surface area contributed by atoms with E-state index >= 15 is 0 Å². The molecule has 0 spiro atoms. The number of nitrogens with zero attached hydrogens (tertiary/aromatic N) is 1. The monoisotopic (exact) mass is 423 g/mol. The lowest BCUT2D eigenvalue weighted by Crippen LogP contribution is -2.07. The first-order valence-corrected chi connectivity index (χ1v) is 10.5. The molecule has 1 heterocycles. The SMILES string of the molecule is CCOC(=O)CCc1ccc(OCCc2nc(-c3ccccc3)oc2C)cc1COC. The van der Waals surface area contributed by atoms with Crippen molar-refractivity contribution in [3.05, 3.63) is 71.1 Å². The van der Waals surface area contributed by atoms with E-state index in [1.807, 2.05) is 62.4 Å². The molecular weight excluding hydrogens is 394 g/mol. The minimum Gasteiger partial charge on any atom is -0.493 e. The highest BCUT2D eigenvalue weighted by Crippen LogP contribution is 2.23. The summed E-state index contributed by atoms with van der Waals surface area (Å²) in [6.45, 7) is 5.07. The zero-order valence-electron chi connectivity index (χ0n) is 18.3. The molecule has 6 heteroatoms. The number of oxazole rings is 1. The molecule has 0 unspecified atom stereocenters. The number of hydrogen-bond acceptors (Lipinski definition) is 6. The quantitative estimate of drug-likeness (QED) is 0.408. The molecule has 0 aliphatic rings. The lowest BCUT2D eigenvalue weighted by Gasteiger charge is -2.12. The van der Waals surface area contributed by atoms with Crippen molar-refractivity contribution >= 4 is 5.97 Å². The van der Waals surface area contributed by atoms with Gasteiger partial charge in [-0.25, -0.2) is 4.98 Å². The average Bonchev–Trinajstić information content (AvgIpc) is 3.15. The van der Waals surface area contributed by atoms with E-state index < -0.39 is 0 Å². The predicted molar refractivity (Wildman–Crippen MR) is 118 cm³/mol. The lowest BCUT2D eigenvalue weighted by atomic mass is 10.0. The van der Waals surface area contributed by atoms with Crippen molar-refractivity contribution in [1.29, 1.82) is 0 Å². The van der Waals surface area contributed by atoms with Crippen molar-refractivity contribution in [3.8, 4) is 17.2 Å². The molecule has 0 radical (unpaired) electrons. The Kier molecular flexibility index (Phi) is 8.24. The van der Waals surface area contributed by atoms with Crippen molar-refractivity contribution < 1.29 is 23.4 Å². The third kappa shape index (κ3) is 6.43. The van der Waals surface area contributed by atoms with Crippen LogP contribution in [0.1, 0.15) is 35.9 Å². The van der Waals surface area contributed by atoms with E-state index in [1.54, 1.807) is 7.11 Å². The van der Waals surface area contributed by atoms with Gasteiger partial charge in [0.2, 0.25) is 5.89 Å². The Balaban J connectivity index is 1.59. The topological polar surface area (TPSA) is 70.8 Å². The summed E-state index contributed by atoms with van der Waals surface area (Å²) in [4.78, 5) is 16.3. The van der Waals surface area contributed by atoms with Gasteiger partial charge in [-0.2, -0.15) is 0 Å². The van der Waals surface area contributed by atoms with Crippen molar-refractivity contribution in [2.45, 2.75) is 39.7 Å². The number of hydrogen-bond donors (Lipinski definition) is 0. The predicted octanol–water partition coefficient (Wildman–Crippen LogP) is 4.91. The summed E-state index contributed by atoms with van der Waals surface area (Å²) in [5.74, 6) is 2.00. The van der Waals surface area contributed by atoms with E-state index in [4.69, 9.17) is 18.6 Å². The molecule has 31 heavy (non-hydrogen) atoms. The van der Waals surface area contributed by atoms with Crippen molar-refractivity contribution in [3.63, 3.8) is 0 Å². The van der Waals surface area contributed by atoms with Gasteiger partial charge in [-0.15, -0.1) is 0 Å². The summed E-state index contributed by atoms with van der Waals surface area (Å²) in [5, 5.41) is 0. The highest BCUT2D eigenvalue weighted by molar-refractivity contribution is 5.69. The Labute approximate surface area is 183 Å². The number of rotatable bonds is 11. The molecule has 0 bridgehead atoms. The molecule has 3 rings (SSSR count). The van der Waals surface area contributed by atoms with E-state index in [-0.39, 0.29) is 5.97 Å². The number of esters is 1. The second-order valence-electron chi connectivity index (χ2n) is 7.15. The van der Waals surface area contributed by atoms with Crippen LogP contribution in [0.4, 0.5) is 0 Å². The molecule has 1 aromatic heterocycles. The number of carbonyl (C=O) groups excluding carboxylic acids is 1. The Morgan fingerprint density at radius 1 is 1.06 bits per heavy atom. The molecule has 0 amide bonds. The Hall–Kier alpha value is -3.12. The van der Waals surface area contributed by atoms with E-state index in [9.17, 15) is 4.79 Å². The zero-order valence-corrected chi connectivity index (χ0v) is 18.3. The van der Waals surface area contributed by atoms with Crippen LogP contribution in [0.15, 0.2) is 52.9 Å². The van der Waals surface area contributed by atoms with Gasteiger partial charge in [0.15, 0.2) is 0 Å². The van der Waals surface area contributed by atoms with Crippen LogP contribution in [0, 0.1) is 6.92 Å². The molecule has 2 aromatic carbocycles. The van der Waals surface area contributed by atoms with Gasteiger partial charge < -0.3 is 18.6 Å². The number of carbonyl (C=O) groups is 1. The van der Waals surface area contributed by atoms with Gasteiger partial charge in [-0.1, -0.05) is 24.3 Å². The fourth-order valence-corrected chi connectivity index (χ4v) is 3.33. The van der Waals surface area contributed by atoms with Crippen LogP contribution in [0.3, 0.4) is 0 Å². The second kappa shape index (κ2) is 11.3. The Morgan fingerprint density at radius 3 is 2.61 bits per heavy atom. The van der Waals surface area contributed by atoms with Crippen molar-refractivity contribution in [2.24, 2.45) is 0 Å². The van der Waals surface area contributed by atoms with Gasteiger partial charge >= 0.3 is 5.97 Å². The number of ether oxygens (including phenoxy) is 3. The molecule has 0 aliphatic heterocycles. The highest BCUT2D eigenvalue weighted by atomic mass is 16.5. The summed E-state index contributed by atoms with van der Waals surface area (Å²) >= 11 is 0. The maximum atomic E-state index is 11.7. The molecule has 0 atom stereocenters. The largest absolute Gasteiger partial charge is 0.493 e. The van der Waals surface area contributed by atoms with Gasteiger partial charge in [0.25, 0.3) is 0 Å². The summed E-state index contributed by atoms with van der Waals surface area (Å²) in [7, 11) is 1.65. The van der Waals surface area contributed by atoms with Crippen LogP contribution >= 0.6 is 0 Å². The van der Waals surface area contributed by atoms with Crippen LogP contribution in [0.25, 0.3) is 11.5 Å². The standard InChI is InChI=1S/C25H29NO5/c1-4-29-24(27)13-11-19-10-12-22(16-21(19)17-28-3)30-15-14-23-18(2)31-25(26-23)20-8-6-5-7-9-20/h5-10,12,16H,4,11,13-15,17H2,1-3H3. The third-order valence-electron chi connectivity index (χ3n) is 4.90. The number of aryl methyl sites for hydroxylation is 2. The van der Waals surface area contributed by atoms with Crippen LogP contribution in [0.5, 0.6) is 5.75 Å². The van der Waals surface area contributed by atoms with Crippen LogP contribution < -0.4 is 4.74 Å². The zero-order chi connectivity index (χ0) is 22.1.